The third-order valence-electron chi connectivity index (χ3n) is 5.62. The van der Waals surface area contributed by atoms with Crippen molar-refractivity contribution in [2.45, 2.75) is 18.0 Å². The molecule has 10 heteroatoms. The van der Waals surface area contributed by atoms with Crippen LogP contribution in [-0.4, -0.2) is 24.9 Å². The molecule has 5 nitrogen and oxygen atoms in total. The zero-order valence-corrected chi connectivity index (χ0v) is 22.5. The maximum Gasteiger partial charge on any atom is 0.247 e. The molecule has 192 valence electrons. The van der Waals surface area contributed by atoms with Gasteiger partial charge in [0.1, 0.15) is 16.5 Å². The third kappa shape index (κ3) is 6.37. The van der Waals surface area contributed by atoms with Gasteiger partial charge in [0, 0.05) is 23.1 Å². The summed E-state index contributed by atoms with van der Waals surface area (Å²) in [5.74, 6) is -0.532. The highest BCUT2D eigenvalue weighted by Crippen LogP contribution is 2.37. The molecule has 0 fully saturated rings. The van der Waals surface area contributed by atoms with Gasteiger partial charge in [-0.3, -0.25) is 0 Å². The highest BCUT2D eigenvalue weighted by Gasteiger charge is 2.30. The number of hydrogen-bond donors (Lipinski definition) is 1. The maximum absolute atomic E-state index is 13.8. The molecule has 0 saturated heterocycles. The largest absolute Gasteiger partial charge is 0.505 e. The van der Waals surface area contributed by atoms with Crippen LogP contribution >= 0.6 is 34.8 Å². The monoisotopic (exact) mass is 579 g/mol. The van der Waals surface area contributed by atoms with Gasteiger partial charge >= 0.3 is 0 Å². The van der Waals surface area contributed by atoms with Gasteiger partial charge < -0.3 is 9.84 Å². The molecule has 0 aliphatic rings. The fourth-order valence-corrected chi connectivity index (χ4v) is 6.07. The Hall–Kier alpha value is -2.81. The lowest BCUT2D eigenvalue weighted by atomic mass is 10.0. The number of phenols is 1. The topological polar surface area (TPSA) is 66.8 Å². The molecule has 0 aliphatic carbocycles. The molecule has 0 aliphatic heterocycles. The molecule has 4 aromatic rings. The normalized spacial score (nSPS) is 11.6. The highest BCUT2D eigenvalue weighted by molar-refractivity contribution is 7.89. The number of phenolic OH excluding ortho intramolecular Hbond substituents is 1. The molecule has 0 saturated carbocycles. The lowest BCUT2D eigenvalue weighted by Gasteiger charge is -2.24. The number of rotatable bonds is 8. The number of benzene rings is 4. The SMILES string of the molecule is COc1cc(CN(Cc2ccc(F)cc2)S(=O)(=O)c2cc(Cl)cc(Cl)c2O)cc(-c2ccc(Cl)cc2)c1. The van der Waals surface area contributed by atoms with Crippen LogP contribution < -0.4 is 4.74 Å². The summed E-state index contributed by atoms with van der Waals surface area (Å²) in [6.07, 6.45) is 0. The van der Waals surface area contributed by atoms with E-state index in [4.69, 9.17) is 39.5 Å². The van der Waals surface area contributed by atoms with Crippen molar-refractivity contribution >= 4 is 44.8 Å². The lowest BCUT2D eigenvalue weighted by Crippen LogP contribution is -2.30. The van der Waals surface area contributed by atoms with Gasteiger partial charge in [-0.1, -0.05) is 59.1 Å². The van der Waals surface area contributed by atoms with Crippen molar-refractivity contribution in [1.82, 2.24) is 4.31 Å². The number of ether oxygens (including phenoxy) is 1. The Kier molecular flexibility index (Phi) is 8.31. The number of hydrogen-bond acceptors (Lipinski definition) is 4. The van der Waals surface area contributed by atoms with Crippen molar-refractivity contribution in [2.75, 3.05) is 7.11 Å². The fraction of sp³-hybridized carbons (Fsp3) is 0.111. The number of nitrogens with zero attached hydrogens (tertiary/aromatic N) is 1. The lowest BCUT2D eigenvalue weighted by molar-refractivity contribution is 0.390. The van der Waals surface area contributed by atoms with Crippen LogP contribution in [0.25, 0.3) is 11.1 Å². The quantitative estimate of drug-likeness (QED) is 0.234. The first-order chi connectivity index (χ1) is 17.6. The van der Waals surface area contributed by atoms with Crippen molar-refractivity contribution in [3.63, 3.8) is 0 Å². The number of sulfonamides is 1. The molecule has 0 amide bonds. The molecule has 0 atom stereocenters. The predicted octanol–water partition coefficient (Wildman–Crippen LogP) is 7.56. The minimum atomic E-state index is -4.32. The van der Waals surface area contributed by atoms with Crippen molar-refractivity contribution in [2.24, 2.45) is 0 Å². The molecule has 0 aromatic heterocycles. The van der Waals surface area contributed by atoms with Crippen molar-refractivity contribution in [3.8, 4) is 22.6 Å². The van der Waals surface area contributed by atoms with E-state index >= 15 is 0 Å². The van der Waals surface area contributed by atoms with Crippen LogP contribution in [0.5, 0.6) is 11.5 Å². The first-order valence-electron chi connectivity index (χ1n) is 10.9. The van der Waals surface area contributed by atoms with Gasteiger partial charge in [0.15, 0.2) is 5.75 Å². The molecular formula is C27H21Cl3FNO4S. The van der Waals surface area contributed by atoms with E-state index in [0.29, 0.717) is 21.9 Å². The summed E-state index contributed by atoms with van der Waals surface area (Å²) in [7, 11) is -2.81. The Balaban J connectivity index is 1.80. The summed E-state index contributed by atoms with van der Waals surface area (Å²) in [6, 6.07) is 20.5. The Morgan fingerprint density at radius 3 is 2.11 bits per heavy atom. The molecule has 0 spiro atoms. The maximum atomic E-state index is 13.8. The minimum Gasteiger partial charge on any atom is -0.505 e. The second-order valence-electron chi connectivity index (χ2n) is 8.21. The number of methoxy groups -OCH3 is 1. The zero-order chi connectivity index (χ0) is 26.7. The van der Waals surface area contributed by atoms with Gasteiger partial charge in [0.05, 0.1) is 12.1 Å². The van der Waals surface area contributed by atoms with Crippen LogP contribution in [0.1, 0.15) is 11.1 Å². The summed E-state index contributed by atoms with van der Waals surface area (Å²) in [6.45, 7) is -0.208. The average Bonchev–Trinajstić information content (AvgIpc) is 2.87. The highest BCUT2D eigenvalue weighted by atomic mass is 35.5. The molecule has 0 unspecified atom stereocenters. The fourth-order valence-electron chi connectivity index (χ4n) is 3.78. The van der Waals surface area contributed by atoms with Crippen LogP contribution in [-0.2, 0) is 23.1 Å². The summed E-state index contributed by atoms with van der Waals surface area (Å²) >= 11 is 18.1. The van der Waals surface area contributed by atoms with E-state index in [2.05, 4.69) is 0 Å². The summed E-state index contributed by atoms with van der Waals surface area (Å²) in [5, 5.41) is 10.9. The molecule has 0 bridgehead atoms. The first kappa shape index (κ1) is 27.2. The van der Waals surface area contributed by atoms with Crippen molar-refractivity contribution in [1.29, 1.82) is 0 Å². The van der Waals surface area contributed by atoms with E-state index in [-0.39, 0.29) is 23.1 Å². The van der Waals surface area contributed by atoms with E-state index in [1.807, 2.05) is 24.3 Å². The van der Waals surface area contributed by atoms with Gasteiger partial charge in [-0.2, -0.15) is 4.31 Å². The van der Waals surface area contributed by atoms with Crippen LogP contribution in [0.3, 0.4) is 0 Å². The molecule has 37 heavy (non-hydrogen) atoms. The van der Waals surface area contributed by atoms with Gasteiger partial charge in [-0.05, 0) is 76.9 Å². The van der Waals surface area contributed by atoms with Crippen molar-refractivity contribution in [3.05, 3.63) is 111 Å². The number of aromatic hydroxyl groups is 1. The van der Waals surface area contributed by atoms with Gasteiger partial charge in [-0.25, -0.2) is 12.8 Å². The van der Waals surface area contributed by atoms with E-state index in [9.17, 15) is 17.9 Å². The molecule has 0 heterocycles. The predicted molar refractivity (Wildman–Crippen MR) is 144 cm³/mol. The molecule has 4 aromatic carbocycles. The average molecular weight is 581 g/mol. The van der Waals surface area contributed by atoms with E-state index in [1.165, 1.54) is 37.4 Å². The van der Waals surface area contributed by atoms with Gasteiger partial charge in [0.25, 0.3) is 0 Å². The Morgan fingerprint density at radius 1 is 0.811 bits per heavy atom. The summed E-state index contributed by atoms with van der Waals surface area (Å²) in [5.41, 5.74) is 2.80. The standard InChI is InChI=1S/C27H21Cl3FNO4S/c1-36-24-11-18(10-20(12-24)19-4-6-21(28)7-5-19)16-32(15-17-2-8-23(31)9-3-17)37(34,35)26-14-22(29)13-25(30)27(26)33/h2-14,33H,15-16H2,1H3. The van der Waals surface area contributed by atoms with Crippen molar-refractivity contribution < 1.29 is 22.7 Å². The second-order valence-corrected chi connectivity index (χ2v) is 11.4. The summed E-state index contributed by atoms with van der Waals surface area (Å²) in [4.78, 5) is -0.437. The summed E-state index contributed by atoms with van der Waals surface area (Å²) < 4.78 is 47.7. The molecule has 1 N–H and O–H groups in total. The van der Waals surface area contributed by atoms with Crippen LogP contribution in [0, 0.1) is 5.82 Å². The van der Waals surface area contributed by atoms with E-state index in [1.54, 1.807) is 18.2 Å². The van der Waals surface area contributed by atoms with E-state index < -0.39 is 26.5 Å². The minimum absolute atomic E-state index is 0.0505. The van der Waals surface area contributed by atoms with E-state index in [0.717, 1.165) is 21.5 Å². The van der Waals surface area contributed by atoms with Crippen LogP contribution in [0.15, 0.2) is 83.8 Å². The Labute approximate surface area is 229 Å². The Morgan fingerprint density at radius 2 is 1.46 bits per heavy atom. The van der Waals surface area contributed by atoms with Gasteiger partial charge in [-0.15, -0.1) is 0 Å². The second kappa shape index (κ2) is 11.3. The molecule has 4 rings (SSSR count). The third-order valence-corrected chi connectivity index (χ3v) is 8.19. The van der Waals surface area contributed by atoms with Crippen LogP contribution in [0.4, 0.5) is 4.39 Å². The first-order valence-corrected chi connectivity index (χ1v) is 13.5. The smallest absolute Gasteiger partial charge is 0.247 e. The van der Waals surface area contributed by atoms with Crippen LogP contribution in [0.2, 0.25) is 15.1 Å². The van der Waals surface area contributed by atoms with Gasteiger partial charge in [0.2, 0.25) is 10.0 Å². The molecule has 0 radical (unpaired) electrons. The zero-order valence-electron chi connectivity index (χ0n) is 19.5. The number of halogens is 4. The Bertz CT molecular complexity index is 1530. The molecular weight excluding hydrogens is 560 g/mol.